The molecule has 0 unspecified atom stereocenters. The van der Waals surface area contributed by atoms with Gasteiger partial charge in [-0.1, -0.05) is 32.0 Å². The highest BCUT2D eigenvalue weighted by molar-refractivity contribution is 5.63. The van der Waals surface area contributed by atoms with Crippen LogP contribution in [0.15, 0.2) is 35.1 Å². The van der Waals surface area contributed by atoms with E-state index >= 15 is 0 Å². The van der Waals surface area contributed by atoms with Crippen LogP contribution in [0.25, 0.3) is 0 Å². The fraction of sp³-hybridized carbons (Fsp3) is 0.375. The van der Waals surface area contributed by atoms with Gasteiger partial charge in [0.25, 0.3) is 5.56 Å². The minimum Gasteiger partial charge on any atom is -0.326 e. The predicted octanol–water partition coefficient (Wildman–Crippen LogP) is 3.36. The monoisotopic (exact) mass is 271 g/mol. The van der Waals surface area contributed by atoms with Crippen LogP contribution in [0.1, 0.15) is 38.1 Å². The molecule has 0 aliphatic carbocycles. The van der Waals surface area contributed by atoms with E-state index in [1.807, 2.05) is 26.0 Å². The summed E-state index contributed by atoms with van der Waals surface area (Å²) in [6.07, 6.45) is 0. The van der Waals surface area contributed by atoms with Crippen molar-refractivity contribution in [2.45, 2.75) is 33.6 Å². The van der Waals surface area contributed by atoms with Crippen LogP contribution in [0.5, 0.6) is 0 Å². The van der Waals surface area contributed by atoms with Crippen molar-refractivity contribution < 1.29 is 0 Å². The number of anilines is 2. The van der Waals surface area contributed by atoms with Gasteiger partial charge in [-0.15, -0.1) is 0 Å². The van der Waals surface area contributed by atoms with Crippen LogP contribution in [-0.2, 0) is 0 Å². The highest BCUT2D eigenvalue weighted by Crippen LogP contribution is 2.26. The number of para-hydroxylation sites is 1. The van der Waals surface area contributed by atoms with Gasteiger partial charge in [-0.05, 0) is 25.5 Å². The van der Waals surface area contributed by atoms with Crippen LogP contribution >= 0.6 is 0 Å². The minimum atomic E-state index is -0.106. The fourth-order valence-corrected chi connectivity index (χ4v) is 2.20. The molecule has 0 saturated carbocycles. The molecule has 2 aromatic rings. The molecule has 0 fully saturated rings. The summed E-state index contributed by atoms with van der Waals surface area (Å²) in [4.78, 5) is 21.3. The molecule has 1 heterocycles. The Kier molecular flexibility index (Phi) is 4.23. The molecule has 4 heteroatoms. The van der Waals surface area contributed by atoms with Crippen LogP contribution in [0.2, 0.25) is 0 Å². The van der Waals surface area contributed by atoms with Gasteiger partial charge in [0.15, 0.2) is 0 Å². The Labute approximate surface area is 119 Å². The first-order valence-corrected chi connectivity index (χ1v) is 6.97. The normalized spacial score (nSPS) is 10.8. The number of nitrogens with zero attached hydrogens (tertiary/aromatic N) is 2. The topological polar surface area (TPSA) is 49.0 Å². The van der Waals surface area contributed by atoms with E-state index in [1.54, 1.807) is 6.07 Å². The highest BCUT2D eigenvalue weighted by Gasteiger charge is 2.13. The standard InChI is InChI=1S/C16H21N3O/c1-5-19(13-9-7-6-8-12(13)4)14-10-15(20)18-16(17-14)11(2)3/h6-11H,5H2,1-4H3,(H,17,18,20). The summed E-state index contributed by atoms with van der Waals surface area (Å²) in [5.41, 5.74) is 2.15. The van der Waals surface area contributed by atoms with Gasteiger partial charge >= 0.3 is 0 Å². The second-order valence-electron chi connectivity index (χ2n) is 5.17. The van der Waals surface area contributed by atoms with E-state index in [9.17, 15) is 4.79 Å². The maximum Gasteiger partial charge on any atom is 0.253 e. The number of H-pyrrole nitrogens is 1. The smallest absolute Gasteiger partial charge is 0.253 e. The number of hydrogen-bond donors (Lipinski definition) is 1. The summed E-state index contributed by atoms with van der Waals surface area (Å²) < 4.78 is 0. The summed E-state index contributed by atoms with van der Waals surface area (Å²) in [6.45, 7) is 8.93. The van der Waals surface area contributed by atoms with Crippen LogP contribution in [0.4, 0.5) is 11.5 Å². The third-order valence-electron chi connectivity index (χ3n) is 3.29. The van der Waals surface area contributed by atoms with Crippen LogP contribution in [0.3, 0.4) is 0 Å². The highest BCUT2D eigenvalue weighted by atomic mass is 16.1. The lowest BCUT2D eigenvalue weighted by molar-refractivity contribution is 0.761. The Hall–Kier alpha value is -2.10. The molecule has 106 valence electrons. The zero-order valence-corrected chi connectivity index (χ0v) is 12.5. The first-order chi connectivity index (χ1) is 9.52. The maximum atomic E-state index is 11.8. The molecular formula is C16H21N3O. The Morgan fingerprint density at radius 3 is 2.60 bits per heavy atom. The molecule has 0 aliphatic heterocycles. The predicted molar refractivity (Wildman–Crippen MR) is 82.8 cm³/mol. The van der Waals surface area contributed by atoms with Gasteiger partial charge in [-0.2, -0.15) is 0 Å². The van der Waals surface area contributed by atoms with Gasteiger partial charge < -0.3 is 9.88 Å². The van der Waals surface area contributed by atoms with E-state index in [2.05, 4.69) is 40.8 Å². The van der Waals surface area contributed by atoms with Gasteiger partial charge in [-0.3, -0.25) is 4.79 Å². The number of aromatic amines is 1. The maximum absolute atomic E-state index is 11.8. The Balaban J connectivity index is 2.53. The summed E-state index contributed by atoms with van der Waals surface area (Å²) in [6, 6.07) is 9.69. The van der Waals surface area contributed by atoms with E-state index in [1.165, 1.54) is 5.56 Å². The zero-order valence-electron chi connectivity index (χ0n) is 12.5. The van der Waals surface area contributed by atoms with Crippen molar-refractivity contribution in [3.63, 3.8) is 0 Å². The van der Waals surface area contributed by atoms with Crippen LogP contribution in [-0.4, -0.2) is 16.5 Å². The van der Waals surface area contributed by atoms with Crippen molar-refractivity contribution in [2.75, 3.05) is 11.4 Å². The lowest BCUT2D eigenvalue weighted by atomic mass is 10.1. The molecule has 0 spiro atoms. The second-order valence-corrected chi connectivity index (χ2v) is 5.17. The van der Waals surface area contributed by atoms with E-state index < -0.39 is 0 Å². The van der Waals surface area contributed by atoms with Crippen molar-refractivity contribution in [3.05, 3.63) is 52.1 Å². The summed E-state index contributed by atoms with van der Waals surface area (Å²) >= 11 is 0. The molecule has 1 aromatic heterocycles. The minimum absolute atomic E-state index is 0.106. The van der Waals surface area contributed by atoms with Crippen LogP contribution in [0, 0.1) is 6.92 Å². The lowest BCUT2D eigenvalue weighted by Crippen LogP contribution is -2.22. The van der Waals surface area contributed by atoms with Gasteiger partial charge in [-0.25, -0.2) is 4.98 Å². The molecule has 4 nitrogen and oxygen atoms in total. The third kappa shape index (κ3) is 2.90. The number of aromatic nitrogens is 2. The van der Waals surface area contributed by atoms with Crippen molar-refractivity contribution >= 4 is 11.5 Å². The van der Waals surface area contributed by atoms with Gasteiger partial charge in [0.05, 0.1) is 0 Å². The largest absolute Gasteiger partial charge is 0.326 e. The van der Waals surface area contributed by atoms with Crippen molar-refractivity contribution in [2.24, 2.45) is 0 Å². The average molecular weight is 271 g/mol. The van der Waals surface area contributed by atoms with E-state index in [0.717, 1.165) is 18.1 Å². The van der Waals surface area contributed by atoms with Crippen LogP contribution < -0.4 is 10.5 Å². The number of benzene rings is 1. The molecule has 20 heavy (non-hydrogen) atoms. The van der Waals surface area contributed by atoms with Crippen molar-refractivity contribution in [3.8, 4) is 0 Å². The molecule has 1 N–H and O–H groups in total. The second kappa shape index (κ2) is 5.90. The number of hydrogen-bond acceptors (Lipinski definition) is 3. The van der Waals surface area contributed by atoms with Gasteiger partial charge in [0.2, 0.25) is 0 Å². The molecule has 0 aliphatic rings. The zero-order chi connectivity index (χ0) is 14.7. The molecular weight excluding hydrogens is 250 g/mol. The molecule has 0 saturated heterocycles. The number of nitrogens with one attached hydrogen (secondary N) is 1. The number of aryl methyl sites for hydroxylation is 1. The molecule has 0 atom stereocenters. The van der Waals surface area contributed by atoms with Gasteiger partial charge in [0.1, 0.15) is 11.6 Å². The first-order valence-electron chi connectivity index (χ1n) is 6.97. The van der Waals surface area contributed by atoms with E-state index in [0.29, 0.717) is 5.82 Å². The first kappa shape index (κ1) is 14.3. The number of rotatable bonds is 4. The fourth-order valence-electron chi connectivity index (χ4n) is 2.20. The van der Waals surface area contributed by atoms with Crippen molar-refractivity contribution in [1.82, 2.24) is 9.97 Å². The molecule has 0 amide bonds. The summed E-state index contributed by atoms with van der Waals surface area (Å²) in [5.74, 6) is 1.62. The lowest BCUT2D eigenvalue weighted by Gasteiger charge is -2.24. The quantitative estimate of drug-likeness (QED) is 0.927. The summed E-state index contributed by atoms with van der Waals surface area (Å²) in [7, 11) is 0. The Bertz CT molecular complexity index is 646. The molecule has 1 aromatic carbocycles. The summed E-state index contributed by atoms with van der Waals surface area (Å²) in [5, 5.41) is 0. The molecule has 0 bridgehead atoms. The van der Waals surface area contributed by atoms with E-state index in [4.69, 9.17) is 0 Å². The Morgan fingerprint density at radius 1 is 1.30 bits per heavy atom. The van der Waals surface area contributed by atoms with Gasteiger partial charge in [0, 0.05) is 24.2 Å². The average Bonchev–Trinajstić information content (AvgIpc) is 2.41. The SMILES string of the molecule is CCN(c1cc(=O)[nH]c(C(C)C)n1)c1ccccc1C. The third-order valence-corrected chi connectivity index (χ3v) is 3.29. The molecule has 2 rings (SSSR count). The molecule has 0 radical (unpaired) electrons. The Morgan fingerprint density at radius 2 is 2.00 bits per heavy atom. The van der Waals surface area contributed by atoms with E-state index in [-0.39, 0.29) is 11.5 Å². The van der Waals surface area contributed by atoms with Crippen molar-refractivity contribution in [1.29, 1.82) is 0 Å².